The minimum atomic E-state index is 0.464. The van der Waals surface area contributed by atoms with Gasteiger partial charge in [0.05, 0.1) is 0 Å². The number of hydrogen-bond acceptors (Lipinski definition) is 1. The molecular formula is C15H24ClN. The molecule has 0 aliphatic carbocycles. The van der Waals surface area contributed by atoms with Gasteiger partial charge < -0.3 is 5.32 Å². The zero-order valence-corrected chi connectivity index (χ0v) is 11.9. The number of benzene rings is 1. The van der Waals surface area contributed by atoms with Crippen molar-refractivity contribution in [3.05, 3.63) is 34.9 Å². The van der Waals surface area contributed by atoms with Gasteiger partial charge in [-0.1, -0.05) is 57.3 Å². The number of rotatable bonds is 7. The molecule has 17 heavy (non-hydrogen) atoms. The molecule has 1 N–H and O–H groups in total. The molecule has 2 heteroatoms. The topological polar surface area (TPSA) is 12.0 Å². The van der Waals surface area contributed by atoms with Crippen molar-refractivity contribution in [1.29, 1.82) is 0 Å². The fourth-order valence-corrected chi connectivity index (χ4v) is 1.98. The van der Waals surface area contributed by atoms with E-state index < -0.39 is 0 Å². The number of nitrogens with one attached hydrogen (secondary N) is 1. The molecule has 1 nitrogen and oxygen atoms in total. The summed E-state index contributed by atoms with van der Waals surface area (Å²) >= 11 is 5.92. The second-order valence-corrected chi connectivity index (χ2v) is 5.25. The van der Waals surface area contributed by atoms with E-state index >= 15 is 0 Å². The average molecular weight is 254 g/mol. The van der Waals surface area contributed by atoms with Crippen LogP contribution >= 0.6 is 11.6 Å². The van der Waals surface area contributed by atoms with Gasteiger partial charge in [-0.2, -0.15) is 0 Å². The van der Waals surface area contributed by atoms with Crippen molar-refractivity contribution in [3.8, 4) is 0 Å². The summed E-state index contributed by atoms with van der Waals surface area (Å²) in [7, 11) is 0. The molecule has 1 aromatic carbocycles. The van der Waals surface area contributed by atoms with E-state index in [2.05, 4.69) is 38.2 Å². The first-order valence-electron chi connectivity index (χ1n) is 6.66. The number of hydrogen-bond donors (Lipinski definition) is 1. The van der Waals surface area contributed by atoms with E-state index in [0.717, 1.165) is 17.5 Å². The molecule has 0 amide bonds. The largest absolute Gasteiger partial charge is 0.310 e. The van der Waals surface area contributed by atoms with Gasteiger partial charge in [0.1, 0.15) is 0 Å². The maximum absolute atomic E-state index is 5.92. The number of halogens is 1. The van der Waals surface area contributed by atoms with E-state index in [9.17, 15) is 0 Å². The molecule has 0 aliphatic rings. The molecule has 96 valence electrons. The quantitative estimate of drug-likeness (QED) is 0.735. The van der Waals surface area contributed by atoms with Crippen LogP contribution in [0.5, 0.6) is 0 Å². The van der Waals surface area contributed by atoms with Gasteiger partial charge in [0.15, 0.2) is 0 Å². The summed E-state index contributed by atoms with van der Waals surface area (Å²) in [5.41, 5.74) is 1.35. The SMILES string of the molecule is CCCC(NCC(C)CC)c1ccc(Cl)cc1. The van der Waals surface area contributed by atoms with Crippen LogP contribution in [-0.2, 0) is 0 Å². The standard InChI is InChI=1S/C15H24ClN/c1-4-6-15(17-11-12(3)5-2)13-7-9-14(16)10-8-13/h7-10,12,15,17H,4-6,11H2,1-3H3. The third-order valence-electron chi connectivity index (χ3n) is 3.26. The summed E-state index contributed by atoms with van der Waals surface area (Å²) in [5, 5.41) is 4.48. The van der Waals surface area contributed by atoms with Crippen LogP contribution < -0.4 is 5.32 Å². The smallest absolute Gasteiger partial charge is 0.0406 e. The molecule has 0 saturated carbocycles. The van der Waals surface area contributed by atoms with Crippen molar-refractivity contribution in [2.75, 3.05) is 6.54 Å². The summed E-state index contributed by atoms with van der Waals surface area (Å²) in [6.07, 6.45) is 3.60. The van der Waals surface area contributed by atoms with E-state index in [1.165, 1.54) is 24.8 Å². The Morgan fingerprint density at radius 2 is 1.82 bits per heavy atom. The highest BCUT2D eigenvalue weighted by atomic mass is 35.5. The van der Waals surface area contributed by atoms with Crippen molar-refractivity contribution in [3.63, 3.8) is 0 Å². The Hall–Kier alpha value is -0.530. The predicted molar refractivity (Wildman–Crippen MR) is 76.6 cm³/mol. The maximum atomic E-state index is 5.92. The van der Waals surface area contributed by atoms with Crippen LogP contribution in [0.4, 0.5) is 0 Å². The van der Waals surface area contributed by atoms with Gasteiger partial charge in [0.2, 0.25) is 0 Å². The Morgan fingerprint density at radius 1 is 1.18 bits per heavy atom. The molecule has 0 radical (unpaired) electrons. The minimum Gasteiger partial charge on any atom is -0.310 e. The van der Waals surface area contributed by atoms with Crippen molar-refractivity contribution >= 4 is 11.6 Å². The monoisotopic (exact) mass is 253 g/mol. The van der Waals surface area contributed by atoms with Crippen LogP contribution in [0.2, 0.25) is 5.02 Å². The molecule has 0 fully saturated rings. The lowest BCUT2D eigenvalue weighted by Gasteiger charge is -2.21. The molecule has 0 bridgehead atoms. The molecule has 0 heterocycles. The summed E-state index contributed by atoms with van der Waals surface area (Å²) in [4.78, 5) is 0. The zero-order chi connectivity index (χ0) is 12.7. The molecule has 0 spiro atoms. The molecule has 2 atom stereocenters. The Balaban J connectivity index is 2.61. The van der Waals surface area contributed by atoms with Crippen molar-refractivity contribution in [2.24, 2.45) is 5.92 Å². The highest BCUT2D eigenvalue weighted by Gasteiger charge is 2.10. The van der Waals surface area contributed by atoms with Gasteiger partial charge in [-0.05, 0) is 36.6 Å². The van der Waals surface area contributed by atoms with E-state index in [1.807, 2.05) is 12.1 Å². The van der Waals surface area contributed by atoms with Crippen molar-refractivity contribution < 1.29 is 0 Å². The van der Waals surface area contributed by atoms with Gasteiger partial charge >= 0.3 is 0 Å². The Kier molecular flexibility index (Phi) is 6.61. The van der Waals surface area contributed by atoms with E-state index in [-0.39, 0.29) is 0 Å². The highest BCUT2D eigenvalue weighted by molar-refractivity contribution is 6.30. The fraction of sp³-hybridized carbons (Fsp3) is 0.600. The molecule has 0 saturated heterocycles. The van der Waals surface area contributed by atoms with E-state index in [1.54, 1.807) is 0 Å². The van der Waals surface area contributed by atoms with Crippen LogP contribution in [0.1, 0.15) is 51.6 Å². The molecule has 0 aliphatic heterocycles. The molecule has 1 aromatic rings. The zero-order valence-electron chi connectivity index (χ0n) is 11.2. The second kappa shape index (κ2) is 7.73. The van der Waals surface area contributed by atoms with Crippen molar-refractivity contribution in [2.45, 2.75) is 46.1 Å². The van der Waals surface area contributed by atoms with Crippen LogP contribution in [0.3, 0.4) is 0 Å². The minimum absolute atomic E-state index is 0.464. The van der Waals surface area contributed by atoms with E-state index in [4.69, 9.17) is 11.6 Å². The summed E-state index contributed by atoms with van der Waals surface area (Å²) in [5.74, 6) is 0.738. The third kappa shape index (κ3) is 5.10. The first-order chi connectivity index (χ1) is 8.17. The van der Waals surface area contributed by atoms with Gasteiger partial charge in [0, 0.05) is 11.1 Å². The molecular weight excluding hydrogens is 230 g/mol. The van der Waals surface area contributed by atoms with Gasteiger partial charge in [-0.25, -0.2) is 0 Å². The van der Waals surface area contributed by atoms with Gasteiger partial charge in [0.25, 0.3) is 0 Å². The first kappa shape index (κ1) is 14.5. The van der Waals surface area contributed by atoms with Crippen LogP contribution in [-0.4, -0.2) is 6.54 Å². The van der Waals surface area contributed by atoms with Crippen LogP contribution in [0, 0.1) is 5.92 Å². The van der Waals surface area contributed by atoms with Crippen molar-refractivity contribution in [1.82, 2.24) is 5.32 Å². The maximum Gasteiger partial charge on any atom is 0.0406 e. The third-order valence-corrected chi connectivity index (χ3v) is 3.51. The Bertz CT molecular complexity index is 307. The Labute approximate surface area is 111 Å². The highest BCUT2D eigenvalue weighted by Crippen LogP contribution is 2.21. The lowest BCUT2D eigenvalue weighted by molar-refractivity contribution is 0.426. The van der Waals surface area contributed by atoms with Crippen LogP contribution in [0.15, 0.2) is 24.3 Å². The van der Waals surface area contributed by atoms with E-state index in [0.29, 0.717) is 6.04 Å². The summed E-state index contributed by atoms with van der Waals surface area (Å²) in [6, 6.07) is 8.68. The molecule has 1 rings (SSSR count). The lowest BCUT2D eigenvalue weighted by atomic mass is 10.0. The molecule has 0 aromatic heterocycles. The van der Waals surface area contributed by atoms with Gasteiger partial charge in [-0.15, -0.1) is 0 Å². The predicted octanol–water partition coefficient (Wildman–Crippen LogP) is 4.82. The van der Waals surface area contributed by atoms with Gasteiger partial charge in [-0.3, -0.25) is 0 Å². The first-order valence-corrected chi connectivity index (χ1v) is 7.04. The summed E-state index contributed by atoms with van der Waals surface area (Å²) in [6.45, 7) is 7.85. The fourth-order valence-electron chi connectivity index (χ4n) is 1.86. The normalized spacial score (nSPS) is 14.6. The average Bonchev–Trinajstić information content (AvgIpc) is 2.35. The van der Waals surface area contributed by atoms with Crippen LogP contribution in [0.25, 0.3) is 0 Å². The Morgan fingerprint density at radius 3 is 2.35 bits per heavy atom. The lowest BCUT2D eigenvalue weighted by Crippen LogP contribution is -2.26. The molecule has 2 unspecified atom stereocenters. The summed E-state index contributed by atoms with van der Waals surface area (Å²) < 4.78 is 0. The second-order valence-electron chi connectivity index (χ2n) is 4.81.